The summed E-state index contributed by atoms with van der Waals surface area (Å²) in [5, 5.41) is 16.1. The van der Waals surface area contributed by atoms with Gasteiger partial charge in [-0.05, 0) is 115 Å². The van der Waals surface area contributed by atoms with E-state index in [9.17, 15) is 23.3 Å². The molecule has 2 heterocycles. The lowest BCUT2D eigenvalue weighted by Gasteiger charge is -2.39. The Labute approximate surface area is 380 Å². The summed E-state index contributed by atoms with van der Waals surface area (Å²) in [5.41, 5.74) is 12.6. The molecule has 4 aliphatic rings. The average Bonchev–Trinajstić information content (AvgIpc) is 3.67. The fourth-order valence-electron chi connectivity index (χ4n) is 9.37. The van der Waals surface area contributed by atoms with Crippen LogP contribution in [0.1, 0.15) is 85.8 Å². The Morgan fingerprint density at radius 3 is 2.45 bits per heavy atom. The van der Waals surface area contributed by atoms with E-state index in [2.05, 4.69) is 50.8 Å². The lowest BCUT2D eigenvalue weighted by atomic mass is 9.72. The maximum absolute atomic E-state index is 14.1. The van der Waals surface area contributed by atoms with Crippen LogP contribution in [-0.2, 0) is 21.3 Å². The van der Waals surface area contributed by atoms with Crippen LogP contribution in [0.15, 0.2) is 94.3 Å². The second-order valence-electron chi connectivity index (χ2n) is 18.1. The Hall–Kier alpha value is -5.48. The van der Waals surface area contributed by atoms with Gasteiger partial charge in [-0.1, -0.05) is 55.3 Å². The SMILES string of the molecule is COC1CCC(CNc2ccc(S(=O)(=O)NC(=O)c3ccc(N4CCN(CC5=C(c6ccc(Cl)cc6)CC(C)(C)CC5)CC4)cc3Oc3cccc4c3C(N)=NC4)cc2[N+](=O)[O-])CC1. The summed E-state index contributed by atoms with van der Waals surface area (Å²) in [4.78, 5) is 34.3. The van der Waals surface area contributed by atoms with Gasteiger partial charge in [0.25, 0.3) is 21.6 Å². The third-order valence-corrected chi connectivity index (χ3v) is 14.7. The van der Waals surface area contributed by atoms with E-state index in [1.807, 2.05) is 24.3 Å². The van der Waals surface area contributed by atoms with Gasteiger partial charge in [-0.3, -0.25) is 24.8 Å². The van der Waals surface area contributed by atoms with E-state index in [-0.39, 0.29) is 28.5 Å². The highest BCUT2D eigenvalue weighted by molar-refractivity contribution is 7.90. The largest absolute Gasteiger partial charge is 0.456 e. The summed E-state index contributed by atoms with van der Waals surface area (Å²) < 4.78 is 41.6. The van der Waals surface area contributed by atoms with Gasteiger partial charge in [0.2, 0.25) is 0 Å². The number of carbonyl (C=O) groups is 1. The number of fused-ring (bicyclic) bond motifs is 1. The molecule has 0 radical (unpaired) electrons. The van der Waals surface area contributed by atoms with Crippen LogP contribution in [0, 0.1) is 21.4 Å². The molecule has 0 unspecified atom stereocenters. The number of ether oxygens (including phenoxy) is 2. The van der Waals surface area contributed by atoms with Gasteiger partial charge in [0, 0.05) is 69.2 Å². The number of benzene rings is 4. The molecule has 0 spiro atoms. The first-order valence-electron chi connectivity index (χ1n) is 22.0. The minimum absolute atomic E-state index is 0.0464. The summed E-state index contributed by atoms with van der Waals surface area (Å²) in [7, 11) is -2.88. The van der Waals surface area contributed by atoms with Crippen LogP contribution in [0.5, 0.6) is 11.5 Å². The minimum atomic E-state index is -4.58. The fourth-order valence-corrected chi connectivity index (χ4v) is 10.5. The average molecular weight is 911 g/mol. The molecule has 2 aliphatic carbocycles. The van der Waals surface area contributed by atoms with Gasteiger partial charge < -0.3 is 25.4 Å². The third-order valence-electron chi connectivity index (χ3n) is 13.2. The number of rotatable bonds is 14. The molecular weight excluding hydrogens is 854 g/mol. The number of nitrogens with zero attached hydrogens (tertiary/aromatic N) is 4. The number of halogens is 1. The third kappa shape index (κ3) is 10.2. The first-order valence-corrected chi connectivity index (χ1v) is 23.8. The van der Waals surface area contributed by atoms with Crippen LogP contribution in [0.3, 0.4) is 0 Å². The molecule has 1 saturated carbocycles. The number of sulfonamides is 1. The zero-order valence-corrected chi connectivity index (χ0v) is 38.1. The Bertz CT molecular complexity index is 2580. The number of carbonyl (C=O) groups excluding carboxylic acids is 1. The first kappa shape index (κ1) is 45.1. The molecule has 16 heteroatoms. The highest BCUT2D eigenvalue weighted by Crippen LogP contribution is 2.44. The Morgan fingerprint density at radius 2 is 1.73 bits per heavy atom. The maximum Gasteiger partial charge on any atom is 0.293 e. The molecule has 2 aliphatic heterocycles. The van der Waals surface area contributed by atoms with Gasteiger partial charge >= 0.3 is 0 Å². The monoisotopic (exact) mass is 909 g/mol. The van der Waals surface area contributed by atoms with Crippen molar-refractivity contribution in [3.63, 3.8) is 0 Å². The van der Waals surface area contributed by atoms with Gasteiger partial charge in [-0.15, -0.1) is 0 Å². The number of nitro benzene ring substituents is 1. The summed E-state index contributed by atoms with van der Waals surface area (Å²) >= 11 is 6.25. The molecule has 0 atom stereocenters. The van der Waals surface area contributed by atoms with E-state index in [4.69, 9.17) is 26.8 Å². The fraction of sp³-hybridized carbons (Fsp3) is 0.417. The second-order valence-corrected chi connectivity index (χ2v) is 20.2. The number of hydrogen-bond donors (Lipinski definition) is 3. The Kier molecular flexibility index (Phi) is 13.3. The number of nitrogens with one attached hydrogen (secondary N) is 2. The van der Waals surface area contributed by atoms with Crippen molar-refractivity contribution in [3.05, 3.63) is 122 Å². The highest BCUT2D eigenvalue weighted by Gasteiger charge is 2.31. The van der Waals surface area contributed by atoms with E-state index in [0.29, 0.717) is 49.2 Å². The Morgan fingerprint density at radius 1 is 0.984 bits per heavy atom. The summed E-state index contributed by atoms with van der Waals surface area (Å²) in [6.07, 6.45) is 7.06. The molecular formula is C48H56ClN7O7S. The number of amidine groups is 1. The number of nitro groups is 1. The lowest BCUT2D eigenvalue weighted by molar-refractivity contribution is -0.384. The van der Waals surface area contributed by atoms with Gasteiger partial charge in [0.05, 0.1) is 33.6 Å². The van der Waals surface area contributed by atoms with Crippen molar-refractivity contribution in [2.45, 2.75) is 76.3 Å². The first-order chi connectivity index (χ1) is 30.7. The molecule has 1 amide bonds. The van der Waals surface area contributed by atoms with Crippen molar-refractivity contribution in [2.24, 2.45) is 22.1 Å². The predicted octanol–water partition coefficient (Wildman–Crippen LogP) is 8.78. The van der Waals surface area contributed by atoms with Crippen molar-refractivity contribution in [1.82, 2.24) is 9.62 Å². The van der Waals surface area contributed by atoms with Crippen LogP contribution in [0.25, 0.3) is 5.57 Å². The Balaban J connectivity index is 1.01. The van der Waals surface area contributed by atoms with E-state index in [1.165, 1.54) is 28.8 Å². The summed E-state index contributed by atoms with van der Waals surface area (Å²) in [6, 6.07) is 22.3. The highest BCUT2D eigenvalue weighted by atomic mass is 35.5. The zero-order chi connectivity index (χ0) is 45.2. The lowest BCUT2D eigenvalue weighted by Crippen LogP contribution is -2.47. The van der Waals surface area contributed by atoms with E-state index in [1.54, 1.807) is 31.4 Å². The molecule has 64 heavy (non-hydrogen) atoms. The zero-order valence-electron chi connectivity index (χ0n) is 36.6. The van der Waals surface area contributed by atoms with Crippen molar-refractivity contribution in [1.29, 1.82) is 0 Å². The second kappa shape index (κ2) is 18.9. The van der Waals surface area contributed by atoms with E-state index < -0.39 is 31.4 Å². The van der Waals surface area contributed by atoms with E-state index in [0.717, 1.165) is 86.9 Å². The number of nitrogens with two attached hydrogens (primary N) is 1. The number of hydrogen-bond acceptors (Lipinski definition) is 12. The number of methoxy groups -OCH3 is 1. The van der Waals surface area contributed by atoms with E-state index >= 15 is 0 Å². The standard InChI is InChI=1S/C48H56ClN7O7S/c1-48(2)20-19-34(40(27-48)32-9-11-35(49)12-10-32)30-54-21-23-55(24-22-54)36-13-17-39(44(25-36)63-43-6-4-5-33-29-52-46(50)45(33)43)47(57)53-64(60,61)38-16-18-41(42(26-38)56(58)59)51-28-31-7-14-37(62-3)15-8-31/h4-6,9-13,16-18,25-26,31,37,51H,7-8,14-15,19-24,27-30H2,1-3H3,(H2,50,52)(H,53,57). The molecule has 338 valence electrons. The van der Waals surface area contributed by atoms with Crippen LogP contribution in [0.2, 0.25) is 5.02 Å². The van der Waals surface area contributed by atoms with Crippen LogP contribution in [-0.4, -0.2) is 82.5 Å². The molecule has 14 nitrogen and oxygen atoms in total. The summed E-state index contributed by atoms with van der Waals surface area (Å²) in [5.74, 6) is 0.140. The molecule has 4 aromatic rings. The normalized spacial score (nSPS) is 20.1. The number of piperazine rings is 1. The van der Waals surface area contributed by atoms with Crippen LogP contribution < -0.4 is 25.4 Å². The number of amides is 1. The van der Waals surface area contributed by atoms with Gasteiger partial charge in [-0.25, -0.2) is 13.1 Å². The molecule has 4 N–H and O–H groups in total. The molecule has 2 fully saturated rings. The molecule has 8 rings (SSSR count). The van der Waals surface area contributed by atoms with Crippen molar-refractivity contribution >= 4 is 56.0 Å². The van der Waals surface area contributed by atoms with Crippen molar-refractivity contribution in [3.8, 4) is 11.5 Å². The molecule has 1 saturated heterocycles. The minimum Gasteiger partial charge on any atom is -0.456 e. The van der Waals surface area contributed by atoms with Crippen LogP contribution >= 0.6 is 11.6 Å². The molecule has 0 bridgehead atoms. The summed E-state index contributed by atoms with van der Waals surface area (Å²) in [6.45, 7) is 9.49. The van der Waals surface area contributed by atoms with Crippen molar-refractivity contribution < 1.29 is 27.6 Å². The van der Waals surface area contributed by atoms with Crippen LogP contribution in [0.4, 0.5) is 17.1 Å². The quantitative estimate of drug-likeness (QED) is 0.0813. The number of aliphatic imine (C=N–C) groups is 1. The topological polar surface area (TPSA) is 182 Å². The number of allylic oxidation sites excluding steroid dienone is 1. The van der Waals surface area contributed by atoms with Crippen molar-refractivity contribution in [2.75, 3.05) is 56.6 Å². The van der Waals surface area contributed by atoms with Gasteiger partial charge in [-0.2, -0.15) is 0 Å². The maximum atomic E-state index is 14.1. The number of anilines is 2. The smallest absolute Gasteiger partial charge is 0.293 e. The molecule has 0 aromatic heterocycles. The molecule has 4 aromatic carbocycles. The van der Waals surface area contributed by atoms with Gasteiger partial charge in [0.1, 0.15) is 23.0 Å². The predicted molar refractivity (Wildman–Crippen MR) is 251 cm³/mol. The van der Waals surface area contributed by atoms with Gasteiger partial charge in [0.15, 0.2) is 0 Å².